The molecule has 0 aliphatic carbocycles. The molecule has 1 rings (SSSR count). The predicted octanol–water partition coefficient (Wildman–Crippen LogP) is 13.5. The summed E-state index contributed by atoms with van der Waals surface area (Å²) in [6.45, 7) is 4.55. The fourth-order valence-electron chi connectivity index (χ4n) is 7.10. The van der Waals surface area contributed by atoms with Gasteiger partial charge in [-0.25, -0.2) is 0 Å². The number of hydrogen-bond donors (Lipinski definition) is 3. The lowest BCUT2D eigenvalue weighted by atomic mass is 9.81. The summed E-state index contributed by atoms with van der Waals surface area (Å²) in [7, 11) is 0. The molecule has 0 spiro atoms. The largest absolute Gasteiger partial charge is 0.390 e. The van der Waals surface area contributed by atoms with Crippen LogP contribution in [0.2, 0.25) is 0 Å². The third-order valence-corrected chi connectivity index (χ3v) is 10.4. The van der Waals surface area contributed by atoms with Crippen molar-refractivity contribution in [3.05, 3.63) is 60.2 Å². The van der Waals surface area contributed by atoms with Crippen molar-refractivity contribution in [3.63, 3.8) is 0 Å². The normalized spacial score (nSPS) is 13.6. The smallest absolute Gasteiger partial charge is 0.109 e. The summed E-state index contributed by atoms with van der Waals surface area (Å²) in [4.78, 5) is 0. The van der Waals surface area contributed by atoms with E-state index >= 15 is 0 Å². The first-order chi connectivity index (χ1) is 24.0. The van der Waals surface area contributed by atoms with Crippen LogP contribution < -0.4 is 0 Å². The lowest BCUT2D eigenvalue weighted by molar-refractivity contribution is -0.134. The van der Waals surface area contributed by atoms with Crippen LogP contribution in [0, 0.1) is 0 Å². The van der Waals surface area contributed by atoms with Gasteiger partial charge < -0.3 is 15.3 Å². The van der Waals surface area contributed by atoms with E-state index in [-0.39, 0.29) is 0 Å². The van der Waals surface area contributed by atoms with Crippen LogP contribution in [0.3, 0.4) is 0 Å². The molecule has 2 atom stereocenters. The minimum Gasteiger partial charge on any atom is -0.390 e. The Kier molecular flexibility index (Phi) is 31.4. The van der Waals surface area contributed by atoms with E-state index in [1.165, 1.54) is 154 Å². The zero-order chi connectivity index (χ0) is 35.5. The van der Waals surface area contributed by atoms with Gasteiger partial charge in [0.15, 0.2) is 0 Å². The van der Waals surface area contributed by atoms with Gasteiger partial charge in [-0.3, -0.25) is 0 Å². The molecule has 3 heteroatoms. The Morgan fingerprint density at radius 2 is 0.796 bits per heavy atom. The Balaban J connectivity index is 2.28. The zero-order valence-electron chi connectivity index (χ0n) is 32.6. The highest BCUT2D eigenvalue weighted by atomic mass is 16.4. The molecule has 0 radical (unpaired) electrons. The first kappa shape index (κ1) is 45.6. The van der Waals surface area contributed by atoms with Crippen LogP contribution in [0.1, 0.15) is 212 Å². The summed E-state index contributed by atoms with van der Waals surface area (Å²) in [5.74, 6) is 0. The average Bonchev–Trinajstić information content (AvgIpc) is 3.11. The number of allylic oxidation sites excluding steroid dienone is 4. The molecule has 1 aromatic carbocycles. The van der Waals surface area contributed by atoms with Crippen molar-refractivity contribution >= 4 is 0 Å². The number of aliphatic hydroxyl groups is 3. The molecule has 0 heterocycles. The van der Waals surface area contributed by atoms with Gasteiger partial charge >= 0.3 is 0 Å². The summed E-state index contributed by atoms with van der Waals surface area (Å²) in [6.07, 6.45) is 44.0. The van der Waals surface area contributed by atoms with Gasteiger partial charge in [-0.2, -0.15) is 0 Å². The molecule has 0 aliphatic rings. The van der Waals surface area contributed by atoms with Crippen molar-refractivity contribution in [2.75, 3.05) is 0 Å². The van der Waals surface area contributed by atoms with Crippen LogP contribution >= 0.6 is 0 Å². The second kappa shape index (κ2) is 33.7. The van der Waals surface area contributed by atoms with E-state index in [1.807, 2.05) is 30.3 Å². The monoisotopic (exact) mass is 683 g/mol. The van der Waals surface area contributed by atoms with Crippen molar-refractivity contribution in [2.45, 2.75) is 231 Å². The molecular formula is C46H82O3. The highest BCUT2D eigenvalue weighted by Gasteiger charge is 2.38. The zero-order valence-corrected chi connectivity index (χ0v) is 32.6. The predicted molar refractivity (Wildman–Crippen MR) is 215 cm³/mol. The Hall–Kier alpha value is -1.42. The molecule has 3 nitrogen and oxygen atoms in total. The van der Waals surface area contributed by atoms with Crippen molar-refractivity contribution in [2.24, 2.45) is 0 Å². The van der Waals surface area contributed by atoms with Gasteiger partial charge in [0, 0.05) is 6.42 Å². The van der Waals surface area contributed by atoms with Crippen molar-refractivity contribution < 1.29 is 15.3 Å². The van der Waals surface area contributed by atoms with Gasteiger partial charge in [-0.1, -0.05) is 197 Å². The molecule has 0 aromatic heterocycles. The van der Waals surface area contributed by atoms with Gasteiger partial charge in [-0.15, -0.1) is 0 Å². The van der Waals surface area contributed by atoms with Crippen LogP contribution in [-0.4, -0.2) is 33.1 Å². The van der Waals surface area contributed by atoms with Crippen molar-refractivity contribution in [1.29, 1.82) is 0 Å². The average molecular weight is 683 g/mol. The molecule has 0 saturated carbocycles. The number of hydrogen-bond acceptors (Lipinski definition) is 3. The van der Waals surface area contributed by atoms with Crippen molar-refractivity contribution in [1.82, 2.24) is 0 Å². The van der Waals surface area contributed by atoms with Crippen molar-refractivity contribution in [3.8, 4) is 0 Å². The molecule has 284 valence electrons. The van der Waals surface area contributed by atoms with Crippen LogP contribution in [-0.2, 0) is 6.42 Å². The van der Waals surface area contributed by atoms with Crippen LogP contribution in [0.25, 0.3) is 0 Å². The van der Waals surface area contributed by atoms with Gasteiger partial charge in [0.05, 0.1) is 11.7 Å². The molecule has 0 fully saturated rings. The van der Waals surface area contributed by atoms with Crippen LogP contribution in [0.15, 0.2) is 54.6 Å². The summed E-state index contributed by atoms with van der Waals surface area (Å²) in [5, 5.41) is 33.9. The fraction of sp³-hybridized carbons (Fsp3) is 0.783. The molecule has 0 aliphatic heterocycles. The van der Waals surface area contributed by atoms with E-state index in [9.17, 15) is 15.3 Å². The maximum absolute atomic E-state index is 11.7. The summed E-state index contributed by atoms with van der Waals surface area (Å²) >= 11 is 0. The molecule has 2 unspecified atom stereocenters. The Morgan fingerprint density at radius 1 is 0.469 bits per heavy atom. The lowest BCUT2D eigenvalue weighted by Crippen LogP contribution is -2.49. The molecule has 49 heavy (non-hydrogen) atoms. The maximum Gasteiger partial charge on any atom is 0.109 e. The SMILES string of the molecule is CCCCCCCC/C=C\CCCCCCCCC(O)(CCCCCCCC/C=C\CCCCCCCC)C(O)C(O)Cc1ccccc1. The minimum atomic E-state index is -1.23. The third-order valence-electron chi connectivity index (χ3n) is 10.4. The standard InChI is InChI=1S/C46H82O3/c1-3-5-7-9-11-13-15-17-19-21-23-25-27-29-31-36-40-46(49,45(48)44(47)42-43-38-34-33-35-39-43)41-37-32-30-28-26-24-22-20-18-16-14-12-10-8-6-4-2/h17-20,33-35,38-39,44-45,47-49H,3-16,21-32,36-37,40-42H2,1-2H3/b19-17-,20-18-. The second-order valence-electron chi connectivity index (χ2n) is 15.2. The van der Waals surface area contributed by atoms with Gasteiger partial charge in [0.2, 0.25) is 0 Å². The van der Waals surface area contributed by atoms with E-state index in [0.29, 0.717) is 19.3 Å². The van der Waals surface area contributed by atoms with Gasteiger partial charge in [-0.05, 0) is 69.8 Å². The lowest BCUT2D eigenvalue weighted by Gasteiger charge is -2.36. The maximum atomic E-state index is 11.7. The summed E-state index contributed by atoms with van der Waals surface area (Å²) < 4.78 is 0. The fourth-order valence-corrected chi connectivity index (χ4v) is 7.10. The third kappa shape index (κ3) is 27.0. The molecule has 0 amide bonds. The molecule has 3 N–H and O–H groups in total. The second-order valence-corrected chi connectivity index (χ2v) is 15.2. The van der Waals surface area contributed by atoms with Crippen LogP contribution in [0.5, 0.6) is 0 Å². The van der Waals surface area contributed by atoms with E-state index in [2.05, 4.69) is 38.2 Å². The van der Waals surface area contributed by atoms with E-state index < -0.39 is 17.8 Å². The highest BCUT2D eigenvalue weighted by molar-refractivity contribution is 5.16. The van der Waals surface area contributed by atoms with Gasteiger partial charge in [0.25, 0.3) is 0 Å². The first-order valence-corrected chi connectivity index (χ1v) is 21.5. The number of benzene rings is 1. The Labute approximate surface area is 305 Å². The summed E-state index contributed by atoms with van der Waals surface area (Å²) in [5.41, 5.74) is -0.235. The van der Waals surface area contributed by atoms with E-state index in [4.69, 9.17) is 0 Å². The topological polar surface area (TPSA) is 60.7 Å². The number of aliphatic hydroxyl groups excluding tert-OH is 2. The molecule has 1 aromatic rings. The Morgan fingerprint density at radius 3 is 1.16 bits per heavy atom. The van der Waals surface area contributed by atoms with Crippen LogP contribution in [0.4, 0.5) is 0 Å². The summed E-state index contributed by atoms with van der Waals surface area (Å²) in [6, 6.07) is 9.84. The molecule has 0 bridgehead atoms. The highest BCUT2D eigenvalue weighted by Crippen LogP contribution is 2.30. The number of unbranched alkanes of at least 4 members (excludes halogenated alkanes) is 24. The molecular weight excluding hydrogens is 601 g/mol. The van der Waals surface area contributed by atoms with E-state index in [0.717, 1.165) is 31.2 Å². The van der Waals surface area contributed by atoms with Gasteiger partial charge in [0.1, 0.15) is 6.10 Å². The molecule has 0 saturated heterocycles. The quantitative estimate of drug-likeness (QED) is 0.0488. The van der Waals surface area contributed by atoms with E-state index in [1.54, 1.807) is 0 Å². The first-order valence-electron chi connectivity index (χ1n) is 21.5. The number of rotatable bonds is 36. The Bertz CT molecular complexity index is 820. The minimum absolute atomic E-state index is 0.366.